The summed E-state index contributed by atoms with van der Waals surface area (Å²) in [7, 11) is -7.98. The summed E-state index contributed by atoms with van der Waals surface area (Å²) in [5.74, 6) is -0.794. The van der Waals surface area contributed by atoms with Crippen LogP contribution in [0.3, 0.4) is 0 Å². The molecule has 8 heteroatoms. The first kappa shape index (κ1) is 27.5. The summed E-state index contributed by atoms with van der Waals surface area (Å²) in [4.78, 5) is 18.2. The molecule has 1 atom stereocenters. The van der Waals surface area contributed by atoms with E-state index in [4.69, 9.17) is 19.0 Å². The van der Waals surface area contributed by atoms with Crippen molar-refractivity contribution in [1.29, 1.82) is 0 Å². The Balaban J connectivity index is 4.39. The Kier molecular flexibility index (Phi) is 13.5. The maximum Gasteiger partial charge on any atom is 0.335 e. The van der Waals surface area contributed by atoms with E-state index in [-0.39, 0.29) is 13.0 Å². The predicted octanol–water partition coefficient (Wildman–Crippen LogP) is 6.22. The topological polar surface area (TPSA) is 93.1 Å². The van der Waals surface area contributed by atoms with Crippen LogP contribution in [0.4, 0.5) is 0 Å². The van der Waals surface area contributed by atoms with Crippen LogP contribution in [0.5, 0.6) is 0 Å². The minimum atomic E-state index is -4.44. The van der Waals surface area contributed by atoms with Gasteiger partial charge in [0.15, 0.2) is 0 Å². The summed E-state index contributed by atoms with van der Waals surface area (Å²) in [6, 6.07) is 0. The largest absolute Gasteiger partial charge is 0.367 e. The van der Waals surface area contributed by atoms with Crippen LogP contribution < -0.4 is 0 Å². The second kappa shape index (κ2) is 13.7. The van der Waals surface area contributed by atoms with E-state index in [0.29, 0.717) is 0 Å². The van der Waals surface area contributed by atoms with E-state index in [2.05, 4.69) is 32.9 Å². The number of hydrogen-bond donors (Lipinski definition) is 2. The summed E-state index contributed by atoms with van der Waals surface area (Å²) in [5.41, 5.74) is 3.88. The second-order valence-corrected chi connectivity index (χ2v) is 12.3. The third-order valence-corrected chi connectivity index (χ3v) is 8.34. The maximum atomic E-state index is 12.6. The monoisotopic (exact) mass is 436 g/mol. The Bertz CT molecular complexity index is 639. The SMILES string of the molecule is CC(C)=CCC/C(C)=C/CC/C(C)=C\COCP(=O)(CP(=O)(O)O)OC(C)C. The molecule has 0 aromatic carbocycles. The molecular formula is C20H38O6P2. The number of rotatable bonds is 14. The van der Waals surface area contributed by atoms with Gasteiger partial charge >= 0.3 is 7.60 Å². The average molecular weight is 436 g/mol. The van der Waals surface area contributed by atoms with Gasteiger partial charge < -0.3 is 19.0 Å². The van der Waals surface area contributed by atoms with Crippen molar-refractivity contribution in [2.45, 2.75) is 73.3 Å². The molecule has 0 fully saturated rings. The lowest BCUT2D eigenvalue weighted by atomic mass is 10.1. The minimum Gasteiger partial charge on any atom is -0.367 e. The van der Waals surface area contributed by atoms with Gasteiger partial charge in [0.2, 0.25) is 7.37 Å². The van der Waals surface area contributed by atoms with Gasteiger partial charge in [0.05, 0.1) is 12.7 Å². The molecule has 0 aliphatic heterocycles. The highest BCUT2D eigenvalue weighted by Gasteiger charge is 2.33. The van der Waals surface area contributed by atoms with Crippen LogP contribution in [-0.2, 0) is 18.4 Å². The van der Waals surface area contributed by atoms with Crippen LogP contribution in [-0.4, -0.2) is 34.7 Å². The van der Waals surface area contributed by atoms with Crippen molar-refractivity contribution in [3.05, 3.63) is 34.9 Å². The van der Waals surface area contributed by atoms with Gasteiger partial charge in [-0.2, -0.15) is 0 Å². The van der Waals surface area contributed by atoms with Gasteiger partial charge in [-0.25, -0.2) is 0 Å². The van der Waals surface area contributed by atoms with E-state index >= 15 is 0 Å². The summed E-state index contributed by atoms with van der Waals surface area (Å²) in [5, 5.41) is 0. The minimum absolute atomic E-state index is 0.238. The van der Waals surface area contributed by atoms with Gasteiger partial charge in [0, 0.05) is 0 Å². The van der Waals surface area contributed by atoms with Gasteiger partial charge in [-0.3, -0.25) is 9.13 Å². The van der Waals surface area contributed by atoms with Crippen molar-refractivity contribution in [2.75, 3.05) is 18.9 Å². The van der Waals surface area contributed by atoms with Crippen LogP contribution in [0.2, 0.25) is 0 Å². The molecule has 0 saturated carbocycles. The van der Waals surface area contributed by atoms with Crippen molar-refractivity contribution < 1.29 is 28.2 Å². The van der Waals surface area contributed by atoms with E-state index in [1.807, 2.05) is 13.0 Å². The second-order valence-electron chi connectivity index (χ2n) is 7.73. The predicted molar refractivity (Wildman–Crippen MR) is 117 cm³/mol. The van der Waals surface area contributed by atoms with Crippen molar-refractivity contribution >= 4 is 15.0 Å². The molecule has 164 valence electrons. The lowest BCUT2D eigenvalue weighted by Crippen LogP contribution is -2.09. The molecule has 0 spiro atoms. The van der Waals surface area contributed by atoms with Crippen molar-refractivity contribution in [1.82, 2.24) is 0 Å². The molecule has 0 amide bonds. The van der Waals surface area contributed by atoms with Crippen molar-refractivity contribution in [3.8, 4) is 0 Å². The van der Waals surface area contributed by atoms with Crippen LogP contribution in [0, 0.1) is 0 Å². The molecule has 0 radical (unpaired) electrons. The lowest BCUT2D eigenvalue weighted by Gasteiger charge is -2.21. The average Bonchev–Trinajstić information content (AvgIpc) is 2.48. The van der Waals surface area contributed by atoms with E-state index < -0.39 is 27.0 Å². The molecule has 0 aromatic rings. The quantitative estimate of drug-likeness (QED) is 0.191. The molecule has 0 aromatic heterocycles. The third kappa shape index (κ3) is 16.5. The van der Waals surface area contributed by atoms with Crippen LogP contribution in [0.15, 0.2) is 34.9 Å². The molecule has 0 aliphatic carbocycles. The molecule has 6 nitrogen and oxygen atoms in total. The third-order valence-electron chi connectivity index (χ3n) is 3.76. The summed E-state index contributed by atoms with van der Waals surface area (Å²) >= 11 is 0. The fourth-order valence-electron chi connectivity index (χ4n) is 2.50. The molecule has 0 saturated heterocycles. The summed E-state index contributed by atoms with van der Waals surface area (Å²) in [6.45, 7) is 12.0. The highest BCUT2D eigenvalue weighted by molar-refractivity contribution is 7.73. The number of ether oxygens (including phenoxy) is 1. The van der Waals surface area contributed by atoms with E-state index in [1.54, 1.807) is 13.8 Å². The first-order chi connectivity index (χ1) is 12.8. The fraction of sp³-hybridized carbons (Fsp3) is 0.700. The highest BCUT2D eigenvalue weighted by atomic mass is 31.2. The van der Waals surface area contributed by atoms with Crippen molar-refractivity contribution in [3.63, 3.8) is 0 Å². The Hall–Kier alpha value is -0.480. The van der Waals surface area contributed by atoms with Gasteiger partial charge in [-0.1, -0.05) is 34.9 Å². The lowest BCUT2D eigenvalue weighted by molar-refractivity contribution is 0.174. The Morgan fingerprint density at radius 3 is 1.96 bits per heavy atom. The number of hydrogen-bond acceptors (Lipinski definition) is 4. The van der Waals surface area contributed by atoms with Gasteiger partial charge in [0.25, 0.3) is 0 Å². The smallest absolute Gasteiger partial charge is 0.335 e. The molecule has 2 N–H and O–H groups in total. The molecule has 1 unspecified atom stereocenters. The normalized spacial score (nSPS) is 15.6. The van der Waals surface area contributed by atoms with E-state index in [0.717, 1.165) is 31.3 Å². The maximum absolute atomic E-state index is 12.6. The summed E-state index contributed by atoms with van der Waals surface area (Å²) < 4.78 is 34.4. The molecule has 0 rings (SSSR count). The van der Waals surface area contributed by atoms with Crippen LogP contribution in [0.1, 0.15) is 67.2 Å². The zero-order valence-electron chi connectivity index (χ0n) is 18.2. The molecule has 28 heavy (non-hydrogen) atoms. The first-order valence-corrected chi connectivity index (χ1v) is 13.5. The molecule has 0 aliphatic rings. The van der Waals surface area contributed by atoms with E-state index in [1.165, 1.54) is 11.1 Å². The molecular weight excluding hydrogens is 398 g/mol. The van der Waals surface area contributed by atoms with Crippen molar-refractivity contribution in [2.24, 2.45) is 0 Å². The fourth-order valence-corrected chi connectivity index (χ4v) is 6.55. The number of allylic oxidation sites excluding steroid dienone is 5. The Morgan fingerprint density at radius 2 is 1.46 bits per heavy atom. The molecule has 0 bridgehead atoms. The summed E-state index contributed by atoms with van der Waals surface area (Å²) in [6.07, 6.45) is 9.71. The zero-order chi connectivity index (χ0) is 21.8. The van der Waals surface area contributed by atoms with Crippen LogP contribution in [0.25, 0.3) is 0 Å². The first-order valence-electron chi connectivity index (χ1n) is 9.66. The Morgan fingerprint density at radius 1 is 0.929 bits per heavy atom. The molecule has 0 heterocycles. The standard InChI is InChI=1S/C20H38O6P2/c1-17(2)9-7-10-19(5)11-8-12-20(6)13-14-25-15-27(21,26-18(3)4)16-28(22,23)24/h9,11,13,18H,7-8,10,12,14-16H2,1-6H3,(H2,22,23,24)/b19-11+,20-13-. The van der Waals surface area contributed by atoms with Gasteiger partial charge in [-0.15, -0.1) is 0 Å². The van der Waals surface area contributed by atoms with Gasteiger partial charge in [-0.05, 0) is 67.2 Å². The van der Waals surface area contributed by atoms with E-state index in [9.17, 15) is 9.13 Å². The highest BCUT2D eigenvalue weighted by Crippen LogP contribution is 2.58. The zero-order valence-corrected chi connectivity index (χ0v) is 20.0. The van der Waals surface area contributed by atoms with Gasteiger partial charge in [0.1, 0.15) is 12.3 Å². The van der Waals surface area contributed by atoms with Crippen LogP contribution >= 0.6 is 15.0 Å². The Labute approximate surface area is 170 Å².